The lowest BCUT2D eigenvalue weighted by Crippen LogP contribution is -2.43. The Bertz CT molecular complexity index is 516. The largest absolute Gasteiger partial charge is 0.367 e. The number of carbonyl (C=O) groups excluding carboxylic acids is 2. The monoisotopic (exact) mass is 255 g/mol. The number of hydrogen-bond acceptors (Lipinski definition) is 4. The van der Waals surface area contributed by atoms with Gasteiger partial charge in [-0.05, 0) is 6.92 Å². The highest BCUT2D eigenvalue weighted by atomic mass is 35.5. The second-order valence-corrected chi connectivity index (χ2v) is 3.69. The zero-order valence-corrected chi connectivity index (χ0v) is 9.95. The molecule has 0 radical (unpaired) electrons. The fraction of sp³-hybridized carbons (Fsp3) is 0.333. The fourth-order valence-corrected chi connectivity index (χ4v) is 1.34. The SMILES string of the molecule is Cc1c(Cl)c(C(=O)NC(C#N)C(N)=O)nn1C. The van der Waals surface area contributed by atoms with Gasteiger partial charge in [0.05, 0.1) is 16.8 Å². The molecule has 0 spiro atoms. The molecule has 0 aliphatic carbocycles. The Labute approximate surface area is 102 Å². The molecule has 8 heteroatoms. The van der Waals surface area contributed by atoms with E-state index < -0.39 is 17.9 Å². The summed E-state index contributed by atoms with van der Waals surface area (Å²) in [5.41, 5.74) is 5.47. The first-order valence-corrected chi connectivity index (χ1v) is 4.95. The minimum absolute atomic E-state index is 0.0480. The van der Waals surface area contributed by atoms with E-state index in [9.17, 15) is 9.59 Å². The summed E-state index contributed by atoms with van der Waals surface area (Å²) < 4.78 is 1.42. The molecule has 0 aromatic carbocycles. The Morgan fingerprint density at radius 2 is 2.24 bits per heavy atom. The van der Waals surface area contributed by atoms with Gasteiger partial charge in [-0.15, -0.1) is 0 Å². The number of nitrogens with two attached hydrogens (primary N) is 1. The molecule has 0 aliphatic rings. The van der Waals surface area contributed by atoms with Gasteiger partial charge in [0.25, 0.3) is 11.8 Å². The third kappa shape index (κ3) is 2.54. The molecule has 7 nitrogen and oxygen atoms in total. The van der Waals surface area contributed by atoms with Gasteiger partial charge in [0.15, 0.2) is 11.7 Å². The highest BCUT2D eigenvalue weighted by molar-refractivity contribution is 6.34. The van der Waals surface area contributed by atoms with Gasteiger partial charge in [0, 0.05) is 7.05 Å². The number of carbonyl (C=O) groups is 2. The van der Waals surface area contributed by atoms with Crippen LogP contribution in [-0.4, -0.2) is 27.6 Å². The molecule has 0 saturated carbocycles. The normalized spacial score (nSPS) is 11.6. The molecular weight excluding hydrogens is 246 g/mol. The fourth-order valence-electron chi connectivity index (χ4n) is 1.09. The Morgan fingerprint density at radius 3 is 2.59 bits per heavy atom. The summed E-state index contributed by atoms with van der Waals surface area (Å²) in [5.74, 6) is -1.66. The second-order valence-electron chi connectivity index (χ2n) is 3.31. The molecule has 0 bridgehead atoms. The van der Waals surface area contributed by atoms with E-state index in [1.54, 1.807) is 20.0 Å². The lowest BCUT2D eigenvalue weighted by atomic mass is 10.3. The maximum atomic E-state index is 11.7. The van der Waals surface area contributed by atoms with Crippen molar-refractivity contribution in [1.82, 2.24) is 15.1 Å². The Morgan fingerprint density at radius 1 is 1.65 bits per heavy atom. The van der Waals surface area contributed by atoms with E-state index in [0.717, 1.165) is 0 Å². The van der Waals surface area contributed by atoms with Gasteiger partial charge < -0.3 is 11.1 Å². The van der Waals surface area contributed by atoms with E-state index in [1.807, 2.05) is 0 Å². The Hall–Kier alpha value is -2.07. The molecule has 1 aromatic heterocycles. The maximum absolute atomic E-state index is 11.7. The number of primary amides is 1. The first kappa shape index (κ1) is 13.0. The number of amides is 2. The summed E-state index contributed by atoms with van der Waals surface area (Å²) in [6.07, 6.45) is 0. The van der Waals surface area contributed by atoms with E-state index in [1.165, 1.54) is 4.68 Å². The average Bonchev–Trinajstić information content (AvgIpc) is 2.53. The van der Waals surface area contributed by atoms with Gasteiger partial charge >= 0.3 is 0 Å². The van der Waals surface area contributed by atoms with Crippen LogP contribution in [0.5, 0.6) is 0 Å². The van der Waals surface area contributed by atoms with Crippen LogP contribution in [0.3, 0.4) is 0 Å². The van der Waals surface area contributed by atoms with E-state index >= 15 is 0 Å². The first-order valence-electron chi connectivity index (χ1n) is 4.57. The lowest BCUT2D eigenvalue weighted by molar-refractivity contribution is -0.118. The lowest BCUT2D eigenvalue weighted by Gasteiger charge is -2.05. The minimum atomic E-state index is -1.40. The molecule has 0 saturated heterocycles. The minimum Gasteiger partial charge on any atom is -0.367 e. The number of nitriles is 1. The van der Waals surface area contributed by atoms with Crippen molar-refractivity contribution in [2.75, 3.05) is 0 Å². The van der Waals surface area contributed by atoms with Crippen molar-refractivity contribution in [1.29, 1.82) is 5.26 Å². The van der Waals surface area contributed by atoms with Crippen LogP contribution in [-0.2, 0) is 11.8 Å². The van der Waals surface area contributed by atoms with Crippen LogP contribution in [0.2, 0.25) is 5.02 Å². The quantitative estimate of drug-likeness (QED) is 0.757. The van der Waals surface area contributed by atoms with Crippen molar-refractivity contribution in [3.63, 3.8) is 0 Å². The highest BCUT2D eigenvalue weighted by Crippen LogP contribution is 2.18. The molecule has 3 N–H and O–H groups in total. The maximum Gasteiger partial charge on any atom is 0.274 e. The molecule has 1 rings (SSSR count). The van der Waals surface area contributed by atoms with Crippen LogP contribution < -0.4 is 11.1 Å². The summed E-state index contributed by atoms with van der Waals surface area (Å²) in [5, 5.41) is 14.8. The van der Waals surface area contributed by atoms with Crippen molar-refractivity contribution < 1.29 is 9.59 Å². The number of halogens is 1. The highest BCUT2D eigenvalue weighted by Gasteiger charge is 2.23. The topological polar surface area (TPSA) is 114 Å². The van der Waals surface area contributed by atoms with Crippen molar-refractivity contribution in [2.45, 2.75) is 13.0 Å². The number of aryl methyl sites for hydroxylation is 1. The molecule has 1 aromatic rings. The first-order chi connectivity index (χ1) is 7.88. The second kappa shape index (κ2) is 4.84. The number of nitrogens with one attached hydrogen (secondary N) is 1. The number of hydrogen-bond donors (Lipinski definition) is 2. The van der Waals surface area contributed by atoms with Gasteiger partial charge in [-0.2, -0.15) is 10.4 Å². The van der Waals surface area contributed by atoms with Gasteiger partial charge in [-0.3, -0.25) is 14.3 Å². The van der Waals surface area contributed by atoms with E-state index in [0.29, 0.717) is 5.69 Å². The summed E-state index contributed by atoms with van der Waals surface area (Å²) >= 11 is 5.87. The molecule has 1 unspecified atom stereocenters. The Kier molecular flexibility index (Phi) is 3.70. The van der Waals surface area contributed by atoms with Gasteiger partial charge in [0.2, 0.25) is 0 Å². The van der Waals surface area contributed by atoms with Crippen molar-refractivity contribution in [3.05, 3.63) is 16.4 Å². The molecule has 90 valence electrons. The molecule has 1 heterocycles. The average molecular weight is 256 g/mol. The zero-order chi connectivity index (χ0) is 13.2. The predicted molar refractivity (Wildman–Crippen MR) is 59.0 cm³/mol. The van der Waals surface area contributed by atoms with Gasteiger partial charge in [-0.25, -0.2) is 0 Å². The molecule has 1 atom stereocenters. The summed E-state index contributed by atoms with van der Waals surface area (Å²) in [6, 6.07) is 0.157. The van der Waals surface area contributed by atoms with Crippen LogP contribution >= 0.6 is 11.6 Å². The standard InChI is InChI=1S/C9H10ClN5O2/c1-4-6(10)7(14-15(4)2)9(17)13-5(3-11)8(12)16/h5H,1-2H3,(H2,12,16)(H,13,17). The molecule has 2 amide bonds. The molecule has 0 fully saturated rings. The zero-order valence-electron chi connectivity index (χ0n) is 9.19. The van der Waals surface area contributed by atoms with Crippen molar-refractivity contribution in [2.24, 2.45) is 12.8 Å². The van der Waals surface area contributed by atoms with Crippen LogP contribution in [0.1, 0.15) is 16.2 Å². The summed E-state index contributed by atoms with van der Waals surface area (Å²) in [4.78, 5) is 22.5. The van der Waals surface area contributed by atoms with Crippen LogP contribution in [0.25, 0.3) is 0 Å². The van der Waals surface area contributed by atoms with E-state index in [-0.39, 0.29) is 10.7 Å². The van der Waals surface area contributed by atoms with Crippen LogP contribution in [0.4, 0.5) is 0 Å². The molecular formula is C9H10ClN5O2. The number of nitrogens with zero attached hydrogens (tertiary/aromatic N) is 3. The van der Waals surface area contributed by atoms with Crippen LogP contribution in [0.15, 0.2) is 0 Å². The van der Waals surface area contributed by atoms with Crippen molar-refractivity contribution in [3.8, 4) is 6.07 Å². The summed E-state index contributed by atoms with van der Waals surface area (Å²) in [7, 11) is 1.62. The van der Waals surface area contributed by atoms with Gasteiger partial charge in [-0.1, -0.05) is 11.6 Å². The predicted octanol–water partition coefficient (Wildman–Crippen LogP) is -0.511. The third-order valence-corrected chi connectivity index (χ3v) is 2.62. The third-order valence-electron chi connectivity index (χ3n) is 2.17. The van der Waals surface area contributed by atoms with E-state index in [4.69, 9.17) is 22.6 Å². The Balaban J connectivity index is 2.95. The molecule has 17 heavy (non-hydrogen) atoms. The molecule has 0 aliphatic heterocycles. The van der Waals surface area contributed by atoms with Gasteiger partial charge in [0.1, 0.15) is 0 Å². The smallest absolute Gasteiger partial charge is 0.274 e. The van der Waals surface area contributed by atoms with Crippen LogP contribution in [0, 0.1) is 18.3 Å². The number of aromatic nitrogens is 2. The van der Waals surface area contributed by atoms with Crippen molar-refractivity contribution >= 4 is 23.4 Å². The summed E-state index contributed by atoms with van der Waals surface area (Å²) in [6.45, 7) is 1.68. The number of rotatable bonds is 3. The van der Waals surface area contributed by atoms with E-state index in [2.05, 4.69) is 10.4 Å².